The molecule has 8 rings (SSSR count). The van der Waals surface area contributed by atoms with Crippen LogP contribution in [0.2, 0.25) is 0 Å². The third kappa shape index (κ3) is 14.7. The molecule has 34 atom stereocenters. The Kier molecular flexibility index (Phi) is 24.3. The van der Waals surface area contributed by atoms with Crippen LogP contribution in [0.15, 0.2) is 0 Å². The maximum absolute atomic E-state index is 11.1. The summed E-state index contributed by atoms with van der Waals surface area (Å²) in [7, 11) is 0. The minimum absolute atomic E-state index is 0.133. The summed E-state index contributed by atoms with van der Waals surface area (Å²) in [5.74, 6) is 0. The van der Waals surface area contributed by atoms with Gasteiger partial charge in [0.15, 0.2) is 37.7 Å². The summed E-state index contributed by atoms with van der Waals surface area (Å²) in [6, 6.07) is -5.89. The molecule has 0 aromatic carbocycles. The van der Waals surface area contributed by atoms with Gasteiger partial charge in [-0.2, -0.15) is 0 Å². The van der Waals surface area contributed by atoms with Crippen LogP contribution in [0.25, 0.3) is 0 Å². The molecule has 8 fully saturated rings. The maximum Gasteiger partial charge on any atom is 0.187 e. The van der Waals surface area contributed by atoms with Crippen molar-refractivity contribution in [3.8, 4) is 0 Å². The molecule has 0 amide bonds. The Hall–Kier alpha value is -1.36. The molecule has 33 N–H and O–H groups in total. The second-order valence-electron chi connectivity index (χ2n) is 21.9. The number of nitrogens with two attached hydrogens (primary N) is 11. The van der Waals surface area contributed by atoms with Crippen molar-refractivity contribution in [2.45, 2.75) is 247 Å². The molecular weight excluding hydrogens is 1070 g/mol. The van der Waals surface area contributed by atoms with Crippen molar-refractivity contribution in [3.05, 3.63) is 0 Å². The molecule has 6 saturated heterocycles. The number of hydrogen-bond acceptors (Lipinski definition) is 34. The van der Waals surface area contributed by atoms with Gasteiger partial charge >= 0.3 is 0 Å². The molecule has 0 radical (unpaired) electrons. The molecular formula is C46H91N11O23. The van der Waals surface area contributed by atoms with Gasteiger partial charge in [-0.25, -0.2) is 0 Å². The van der Waals surface area contributed by atoms with Gasteiger partial charge in [-0.05, 0) is 38.5 Å². The Balaban J connectivity index is 0.000000231. The van der Waals surface area contributed by atoms with E-state index in [1.807, 2.05) is 0 Å². The molecule has 6 heterocycles. The predicted molar refractivity (Wildman–Crippen MR) is 269 cm³/mol. The van der Waals surface area contributed by atoms with Gasteiger partial charge in [-0.3, -0.25) is 0 Å². The standard InChI is InChI=1S/C23H46N6O11.C23H45N5O12/c24-4-7-1-2-8(26)21(35-7)38-18-10(28)3-9(27)14(31)20(18)40-23-17(34)19(12(6-30)37-23)39-22-13(29)16(33)15(32)11(5-25)36-22;24-4-7-1-2-10(30)21(35-7)38-18-9(27)3-8(26)14(31)20(18)40-23-17(34)19(12(6-29)37-23)39-22-13(28)16(33)15(32)11(5-25)36-22/h7-23,30-34H,1-6,24-29H2;7-23,29-34H,1-6,24-28H2. The lowest BCUT2D eigenvalue weighted by atomic mass is 9.84. The largest absolute Gasteiger partial charge is 0.394 e. The monoisotopic (exact) mass is 1170 g/mol. The summed E-state index contributed by atoms with van der Waals surface area (Å²) < 4.78 is 70.0. The molecule has 80 heavy (non-hydrogen) atoms. The van der Waals surface area contributed by atoms with Gasteiger partial charge in [0, 0.05) is 50.3 Å². The van der Waals surface area contributed by atoms with Gasteiger partial charge < -0.3 is 176 Å². The van der Waals surface area contributed by atoms with Crippen molar-refractivity contribution in [2.75, 3.05) is 39.4 Å². The average Bonchev–Trinajstić information content (AvgIpc) is 3.91. The Morgan fingerprint density at radius 1 is 0.312 bits per heavy atom. The lowest BCUT2D eigenvalue weighted by Gasteiger charge is -2.45. The van der Waals surface area contributed by atoms with E-state index in [0.717, 1.165) is 0 Å². The lowest BCUT2D eigenvalue weighted by molar-refractivity contribution is -0.302. The van der Waals surface area contributed by atoms with Crippen molar-refractivity contribution in [2.24, 2.45) is 63.1 Å². The topological polar surface area (TPSA) is 620 Å². The highest BCUT2D eigenvalue weighted by molar-refractivity contribution is 5.03. The van der Waals surface area contributed by atoms with E-state index >= 15 is 0 Å². The smallest absolute Gasteiger partial charge is 0.187 e. The highest BCUT2D eigenvalue weighted by atomic mass is 16.8. The van der Waals surface area contributed by atoms with Gasteiger partial charge in [0.05, 0.1) is 55.8 Å². The molecule has 0 aromatic rings. The number of hydrogen-bond donors (Lipinski definition) is 22. The first kappa shape index (κ1) is 66.2. The van der Waals surface area contributed by atoms with Crippen LogP contribution in [0, 0.1) is 0 Å². The Labute approximate surface area is 461 Å². The Morgan fingerprint density at radius 3 is 1.07 bits per heavy atom. The summed E-state index contributed by atoms with van der Waals surface area (Å²) in [5.41, 5.74) is 65.7. The number of ether oxygens (including phenoxy) is 12. The first-order chi connectivity index (χ1) is 38.0. The maximum atomic E-state index is 11.1. The van der Waals surface area contributed by atoms with Crippen LogP contribution in [0.5, 0.6) is 0 Å². The first-order valence-corrected chi connectivity index (χ1v) is 27.3. The van der Waals surface area contributed by atoms with Crippen LogP contribution in [-0.2, 0) is 56.8 Å². The van der Waals surface area contributed by atoms with Crippen LogP contribution < -0.4 is 63.1 Å². The molecule has 468 valence electrons. The molecule has 2 aliphatic carbocycles. The Bertz CT molecular complexity index is 1740. The third-order valence-corrected chi connectivity index (χ3v) is 16.2. The third-order valence-electron chi connectivity index (χ3n) is 16.2. The van der Waals surface area contributed by atoms with Crippen LogP contribution in [0.3, 0.4) is 0 Å². The van der Waals surface area contributed by atoms with E-state index in [2.05, 4.69) is 0 Å². The van der Waals surface area contributed by atoms with E-state index in [9.17, 15) is 56.2 Å². The van der Waals surface area contributed by atoms with Crippen molar-refractivity contribution in [3.63, 3.8) is 0 Å². The van der Waals surface area contributed by atoms with Crippen molar-refractivity contribution >= 4 is 0 Å². The molecule has 34 unspecified atom stereocenters. The van der Waals surface area contributed by atoms with Gasteiger partial charge in [0.25, 0.3) is 0 Å². The summed E-state index contributed by atoms with van der Waals surface area (Å²) in [6.07, 6.45) is -28.8. The van der Waals surface area contributed by atoms with Crippen LogP contribution >= 0.6 is 0 Å². The van der Waals surface area contributed by atoms with E-state index in [0.29, 0.717) is 25.7 Å². The molecule has 6 aliphatic heterocycles. The summed E-state index contributed by atoms with van der Waals surface area (Å²) >= 11 is 0. The summed E-state index contributed by atoms with van der Waals surface area (Å²) in [6.45, 7) is -0.975. The van der Waals surface area contributed by atoms with Crippen LogP contribution in [0.1, 0.15) is 38.5 Å². The Morgan fingerprint density at radius 2 is 0.675 bits per heavy atom. The van der Waals surface area contributed by atoms with Crippen molar-refractivity contribution in [1.29, 1.82) is 0 Å². The molecule has 0 bridgehead atoms. The number of rotatable bonds is 18. The average molecular weight is 1170 g/mol. The molecule has 0 spiro atoms. The van der Waals surface area contributed by atoms with Gasteiger partial charge in [-0.1, -0.05) is 0 Å². The fourth-order valence-corrected chi connectivity index (χ4v) is 11.3. The zero-order chi connectivity index (χ0) is 58.6. The molecule has 0 aromatic heterocycles. The fraction of sp³-hybridized carbons (Fsp3) is 1.00. The molecule has 34 heteroatoms. The van der Waals surface area contributed by atoms with Crippen LogP contribution in [-0.4, -0.2) is 304 Å². The second kappa shape index (κ2) is 29.4. The first-order valence-electron chi connectivity index (χ1n) is 27.3. The second-order valence-corrected chi connectivity index (χ2v) is 21.9. The molecule has 34 nitrogen and oxygen atoms in total. The number of aliphatic hydroxyl groups is 11. The SMILES string of the molecule is NCC1CCC(N)C(OC2C(N)CC(N)C(O)C2OC2OC(CO)C(OC3OC(CN)C(O)C(O)C3N)C2O)O1.NCC1CCC(O)C(OC2C(N)CC(N)C(O)C2OC2OC(CO)C(OC3OC(CN)C(O)C(O)C3N)C2O)O1. The molecule has 8 aliphatic rings. The van der Waals surface area contributed by atoms with Crippen molar-refractivity contribution < 1.29 is 113 Å². The summed E-state index contributed by atoms with van der Waals surface area (Å²) in [5, 5.41) is 115. The lowest BCUT2D eigenvalue weighted by Crippen LogP contribution is -2.65. The minimum Gasteiger partial charge on any atom is -0.394 e. The van der Waals surface area contributed by atoms with E-state index in [1.165, 1.54) is 0 Å². The normalized spacial score (nSPS) is 52.1. The number of aliphatic hydroxyl groups excluding tert-OH is 11. The fourth-order valence-electron chi connectivity index (χ4n) is 11.3. The van der Waals surface area contributed by atoms with E-state index < -0.39 is 209 Å². The molecule has 2 saturated carbocycles. The summed E-state index contributed by atoms with van der Waals surface area (Å²) in [4.78, 5) is 0. The highest BCUT2D eigenvalue weighted by Crippen LogP contribution is 2.37. The zero-order valence-electron chi connectivity index (χ0n) is 44.3. The van der Waals surface area contributed by atoms with E-state index in [4.69, 9.17) is 120 Å². The predicted octanol–water partition coefficient (Wildman–Crippen LogP) is -13.6. The minimum atomic E-state index is -1.55. The zero-order valence-corrected chi connectivity index (χ0v) is 44.3. The van der Waals surface area contributed by atoms with Gasteiger partial charge in [0.2, 0.25) is 0 Å². The highest BCUT2D eigenvalue weighted by Gasteiger charge is 2.56. The van der Waals surface area contributed by atoms with E-state index in [1.54, 1.807) is 0 Å². The van der Waals surface area contributed by atoms with Crippen molar-refractivity contribution in [1.82, 2.24) is 0 Å². The van der Waals surface area contributed by atoms with Gasteiger partial charge in [-0.15, -0.1) is 0 Å². The van der Waals surface area contributed by atoms with E-state index in [-0.39, 0.29) is 51.2 Å². The van der Waals surface area contributed by atoms with Gasteiger partial charge in [0.1, 0.15) is 104 Å². The quantitative estimate of drug-likeness (QED) is 0.0606. The van der Waals surface area contributed by atoms with Crippen LogP contribution in [0.4, 0.5) is 0 Å².